The van der Waals surface area contributed by atoms with Crippen molar-refractivity contribution in [3.8, 4) is 17.2 Å². The van der Waals surface area contributed by atoms with E-state index in [1.54, 1.807) is 23.2 Å². The smallest absolute Gasteiger partial charge is 0.255 e. The number of hydrogen-bond acceptors (Lipinski definition) is 6. The third-order valence-electron chi connectivity index (χ3n) is 5.87. The van der Waals surface area contributed by atoms with Crippen molar-refractivity contribution in [2.75, 3.05) is 21.3 Å². The van der Waals surface area contributed by atoms with Gasteiger partial charge in [-0.25, -0.2) is 0 Å². The number of ether oxygens (including phenoxy) is 3. The molecule has 176 valence electrons. The summed E-state index contributed by atoms with van der Waals surface area (Å²) in [5.74, 6) is 1.04. The highest BCUT2D eigenvalue weighted by Crippen LogP contribution is 2.42. The lowest BCUT2D eigenvalue weighted by molar-refractivity contribution is -0.122. The Morgan fingerprint density at radius 2 is 1.74 bits per heavy atom. The average molecular weight is 462 g/mol. The van der Waals surface area contributed by atoms with Gasteiger partial charge in [0.1, 0.15) is 0 Å². The number of nitrogens with one attached hydrogen (secondary N) is 1. The molecule has 0 fully saturated rings. The van der Waals surface area contributed by atoms with Crippen LogP contribution >= 0.6 is 0 Å². The van der Waals surface area contributed by atoms with Gasteiger partial charge >= 0.3 is 0 Å². The average Bonchev–Trinajstić information content (AvgIpc) is 3.21. The van der Waals surface area contributed by atoms with Crippen LogP contribution in [0.2, 0.25) is 0 Å². The zero-order valence-electron chi connectivity index (χ0n) is 19.4. The minimum atomic E-state index is -0.544. The summed E-state index contributed by atoms with van der Waals surface area (Å²) in [5, 5.41) is 2.91. The SMILES string of the molecule is COc1cc(C(CC(=O)NCc2ccccn2)N2Cc3ccccc3C2=O)cc(OC)c1OC. The van der Waals surface area contributed by atoms with Gasteiger partial charge in [0.05, 0.1) is 46.0 Å². The predicted octanol–water partition coefficient (Wildman–Crippen LogP) is 3.51. The molecule has 1 atom stereocenters. The van der Waals surface area contributed by atoms with Gasteiger partial charge in [0.25, 0.3) is 5.91 Å². The third-order valence-corrected chi connectivity index (χ3v) is 5.87. The second kappa shape index (κ2) is 10.2. The molecule has 34 heavy (non-hydrogen) atoms. The standard InChI is InChI=1S/C26H27N3O5/c1-32-22-12-18(13-23(33-2)25(22)34-3)21(14-24(30)28-15-19-9-6-7-11-27-19)29-16-17-8-4-5-10-20(17)26(29)31/h4-13,21H,14-16H2,1-3H3,(H,28,30). The van der Waals surface area contributed by atoms with E-state index in [1.165, 1.54) is 21.3 Å². The van der Waals surface area contributed by atoms with Crippen LogP contribution in [0.4, 0.5) is 0 Å². The molecular formula is C26H27N3O5. The number of hydrogen-bond donors (Lipinski definition) is 1. The highest BCUT2D eigenvalue weighted by Gasteiger charge is 2.35. The van der Waals surface area contributed by atoms with Gasteiger partial charge in [0.2, 0.25) is 11.7 Å². The number of carbonyl (C=O) groups excluding carboxylic acids is 2. The second-order valence-corrected chi connectivity index (χ2v) is 7.87. The fourth-order valence-electron chi connectivity index (χ4n) is 4.17. The number of methoxy groups -OCH3 is 3. The summed E-state index contributed by atoms with van der Waals surface area (Å²) >= 11 is 0. The van der Waals surface area contributed by atoms with E-state index < -0.39 is 6.04 Å². The fraction of sp³-hybridized carbons (Fsp3) is 0.269. The zero-order chi connectivity index (χ0) is 24.1. The van der Waals surface area contributed by atoms with Crippen LogP contribution in [0.5, 0.6) is 17.2 Å². The summed E-state index contributed by atoms with van der Waals surface area (Å²) in [5.41, 5.74) is 3.04. The van der Waals surface area contributed by atoms with E-state index in [9.17, 15) is 9.59 Å². The van der Waals surface area contributed by atoms with Crippen molar-refractivity contribution in [3.05, 3.63) is 83.2 Å². The van der Waals surface area contributed by atoms with Crippen molar-refractivity contribution in [3.63, 3.8) is 0 Å². The second-order valence-electron chi connectivity index (χ2n) is 7.87. The Balaban J connectivity index is 1.66. The summed E-state index contributed by atoms with van der Waals surface area (Å²) in [4.78, 5) is 32.3. The van der Waals surface area contributed by atoms with Gasteiger partial charge in [-0.15, -0.1) is 0 Å². The Hall–Kier alpha value is -4.07. The first-order valence-electron chi connectivity index (χ1n) is 10.9. The molecule has 1 aliphatic rings. The molecule has 4 rings (SSSR count). The Labute approximate surface area is 198 Å². The molecule has 3 aromatic rings. The number of amides is 2. The number of nitrogens with zero attached hydrogens (tertiary/aromatic N) is 2. The van der Waals surface area contributed by atoms with Gasteiger partial charge < -0.3 is 24.4 Å². The Bertz CT molecular complexity index is 1160. The topological polar surface area (TPSA) is 90.0 Å². The maximum absolute atomic E-state index is 13.3. The molecule has 2 amide bonds. The summed E-state index contributed by atoms with van der Waals surface area (Å²) in [7, 11) is 4.60. The number of fused-ring (bicyclic) bond motifs is 1. The molecule has 1 aromatic heterocycles. The van der Waals surface area contributed by atoms with Gasteiger partial charge in [-0.3, -0.25) is 14.6 Å². The molecule has 2 heterocycles. The molecule has 1 unspecified atom stereocenters. The van der Waals surface area contributed by atoms with Crippen molar-refractivity contribution in [1.29, 1.82) is 0 Å². The van der Waals surface area contributed by atoms with Crippen LogP contribution in [-0.4, -0.2) is 43.0 Å². The largest absolute Gasteiger partial charge is 0.493 e. The quantitative estimate of drug-likeness (QED) is 0.525. The first-order chi connectivity index (χ1) is 16.5. The van der Waals surface area contributed by atoms with Gasteiger partial charge in [-0.2, -0.15) is 0 Å². The molecule has 0 saturated heterocycles. The maximum atomic E-state index is 13.3. The van der Waals surface area contributed by atoms with Crippen LogP contribution in [0.3, 0.4) is 0 Å². The van der Waals surface area contributed by atoms with Gasteiger partial charge in [-0.05, 0) is 41.5 Å². The maximum Gasteiger partial charge on any atom is 0.255 e. The predicted molar refractivity (Wildman–Crippen MR) is 126 cm³/mol. The number of benzene rings is 2. The molecule has 8 heteroatoms. The summed E-state index contributed by atoms with van der Waals surface area (Å²) < 4.78 is 16.5. The van der Waals surface area contributed by atoms with Gasteiger partial charge in [0.15, 0.2) is 11.5 Å². The van der Waals surface area contributed by atoms with Crippen molar-refractivity contribution < 1.29 is 23.8 Å². The molecular weight excluding hydrogens is 434 g/mol. The number of rotatable bonds is 9. The summed E-state index contributed by atoms with van der Waals surface area (Å²) in [6.45, 7) is 0.708. The van der Waals surface area contributed by atoms with Crippen LogP contribution < -0.4 is 19.5 Å². The van der Waals surface area contributed by atoms with Crippen LogP contribution in [0.25, 0.3) is 0 Å². The summed E-state index contributed by atoms with van der Waals surface area (Å²) in [6, 6.07) is 16.1. The number of pyridine rings is 1. The lowest BCUT2D eigenvalue weighted by atomic mass is 10.00. The lowest BCUT2D eigenvalue weighted by Crippen LogP contribution is -2.34. The molecule has 2 aromatic carbocycles. The van der Waals surface area contributed by atoms with E-state index in [1.807, 2.05) is 42.5 Å². The van der Waals surface area contributed by atoms with Crippen LogP contribution in [0.1, 0.15) is 39.6 Å². The number of aromatic nitrogens is 1. The lowest BCUT2D eigenvalue weighted by Gasteiger charge is -2.29. The van der Waals surface area contributed by atoms with E-state index in [0.717, 1.165) is 11.3 Å². The highest BCUT2D eigenvalue weighted by molar-refractivity contribution is 5.99. The minimum Gasteiger partial charge on any atom is -0.493 e. The minimum absolute atomic E-state index is 0.0607. The van der Waals surface area contributed by atoms with E-state index in [0.29, 0.717) is 41.5 Å². The first kappa shape index (κ1) is 23.1. The fourth-order valence-corrected chi connectivity index (χ4v) is 4.17. The zero-order valence-corrected chi connectivity index (χ0v) is 19.4. The first-order valence-corrected chi connectivity index (χ1v) is 10.9. The van der Waals surface area contributed by atoms with E-state index in [4.69, 9.17) is 14.2 Å². The highest BCUT2D eigenvalue weighted by atomic mass is 16.5. The van der Waals surface area contributed by atoms with Crippen LogP contribution in [0.15, 0.2) is 60.8 Å². The molecule has 0 bridgehead atoms. The van der Waals surface area contributed by atoms with Gasteiger partial charge in [-0.1, -0.05) is 24.3 Å². The molecule has 0 radical (unpaired) electrons. The summed E-state index contributed by atoms with van der Waals surface area (Å²) in [6.07, 6.45) is 1.74. The third kappa shape index (κ3) is 4.66. The Morgan fingerprint density at radius 3 is 2.35 bits per heavy atom. The van der Waals surface area contributed by atoms with Crippen LogP contribution in [-0.2, 0) is 17.9 Å². The molecule has 0 spiro atoms. The van der Waals surface area contributed by atoms with Crippen molar-refractivity contribution in [2.24, 2.45) is 0 Å². The van der Waals surface area contributed by atoms with Gasteiger partial charge in [0, 0.05) is 18.3 Å². The van der Waals surface area contributed by atoms with Crippen molar-refractivity contribution in [2.45, 2.75) is 25.6 Å². The molecule has 8 nitrogen and oxygen atoms in total. The molecule has 1 N–H and O–H groups in total. The van der Waals surface area contributed by atoms with E-state index >= 15 is 0 Å². The molecule has 0 aliphatic carbocycles. The van der Waals surface area contributed by atoms with Crippen molar-refractivity contribution in [1.82, 2.24) is 15.2 Å². The van der Waals surface area contributed by atoms with E-state index in [-0.39, 0.29) is 18.2 Å². The number of carbonyl (C=O) groups is 2. The molecule has 1 aliphatic heterocycles. The Morgan fingerprint density at radius 1 is 1.03 bits per heavy atom. The van der Waals surface area contributed by atoms with Crippen LogP contribution in [0, 0.1) is 0 Å². The molecule has 0 saturated carbocycles. The monoisotopic (exact) mass is 461 g/mol. The Kier molecular flexibility index (Phi) is 6.96. The van der Waals surface area contributed by atoms with E-state index in [2.05, 4.69) is 10.3 Å². The normalized spacial score (nSPS) is 13.3. The van der Waals surface area contributed by atoms with Crippen molar-refractivity contribution >= 4 is 11.8 Å².